The monoisotopic (exact) mass is 526 g/mol. The van der Waals surface area contributed by atoms with Gasteiger partial charge < -0.3 is 18.8 Å². The minimum absolute atomic E-state index is 0.0447. The van der Waals surface area contributed by atoms with Gasteiger partial charge in [0, 0.05) is 6.61 Å². The Morgan fingerprint density at radius 1 is 0.861 bits per heavy atom. The van der Waals surface area contributed by atoms with Gasteiger partial charge in [0.1, 0.15) is 6.29 Å². The zero-order chi connectivity index (χ0) is 27.4. The highest BCUT2D eigenvalue weighted by Gasteiger charge is 2.52. The van der Waals surface area contributed by atoms with E-state index < -0.39 is 34.3 Å². The van der Waals surface area contributed by atoms with Crippen LogP contribution in [0.4, 0.5) is 0 Å². The van der Waals surface area contributed by atoms with E-state index in [4.69, 9.17) is 8.85 Å². The fourth-order valence-electron chi connectivity index (χ4n) is 4.35. The van der Waals surface area contributed by atoms with Crippen LogP contribution in [0, 0.1) is 5.41 Å². The first kappa shape index (κ1) is 30.4. The summed E-state index contributed by atoms with van der Waals surface area (Å²) in [5.41, 5.74) is -1.19. The van der Waals surface area contributed by atoms with E-state index in [0.717, 1.165) is 16.7 Å². The summed E-state index contributed by atoms with van der Waals surface area (Å²) in [5.74, 6) is 0. The van der Waals surface area contributed by atoms with Crippen LogP contribution in [0.3, 0.4) is 0 Å². The number of aliphatic hydroxyl groups is 1. The van der Waals surface area contributed by atoms with Gasteiger partial charge in [-0.3, -0.25) is 0 Å². The van der Waals surface area contributed by atoms with Gasteiger partial charge in [-0.2, -0.15) is 0 Å². The Morgan fingerprint density at radius 2 is 1.31 bits per heavy atom. The lowest BCUT2D eigenvalue weighted by Gasteiger charge is -2.46. The number of carbonyl (C=O) groups is 1. The average molecular weight is 527 g/mol. The number of hydrogen-bond donors (Lipinski definition) is 1. The molecular formula is C30H46O4Si2. The van der Waals surface area contributed by atoms with E-state index in [2.05, 4.69) is 85.5 Å². The lowest BCUT2D eigenvalue weighted by atomic mass is 9.84. The molecule has 0 aliphatic rings. The van der Waals surface area contributed by atoms with Gasteiger partial charge in [0.25, 0.3) is 8.32 Å². The van der Waals surface area contributed by atoms with Crippen molar-refractivity contribution in [3.8, 4) is 0 Å². The number of hydrogen-bond acceptors (Lipinski definition) is 4. The molecule has 198 valence electrons. The van der Waals surface area contributed by atoms with E-state index >= 15 is 0 Å². The molecule has 0 fully saturated rings. The topological polar surface area (TPSA) is 55.8 Å². The number of carbonyl (C=O) groups excluding carboxylic acids is 1. The van der Waals surface area contributed by atoms with Crippen molar-refractivity contribution in [1.29, 1.82) is 0 Å². The number of aldehydes is 1. The largest absolute Gasteiger partial charge is 0.408 e. The summed E-state index contributed by atoms with van der Waals surface area (Å²) in [6, 6.07) is 20.6. The van der Waals surface area contributed by atoms with E-state index in [-0.39, 0.29) is 16.7 Å². The Hall–Kier alpha value is -1.84. The summed E-state index contributed by atoms with van der Waals surface area (Å²) >= 11 is 0. The highest BCUT2D eigenvalue weighted by Crippen LogP contribution is 2.40. The fraction of sp³-hybridized carbons (Fsp3) is 0.500. The van der Waals surface area contributed by atoms with Gasteiger partial charge in [0.05, 0.1) is 17.6 Å². The normalized spacial score (nSPS) is 16.6. The summed E-state index contributed by atoms with van der Waals surface area (Å²) in [5, 5.41) is 13.5. The minimum atomic E-state index is -2.87. The third-order valence-electron chi connectivity index (χ3n) is 7.74. The van der Waals surface area contributed by atoms with E-state index in [1.807, 2.05) is 36.4 Å². The predicted molar refractivity (Wildman–Crippen MR) is 156 cm³/mol. The Balaban J connectivity index is 2.52. The molecule has 0 heterocycles. The summed E-state index contributed by atoms with van der Waals surface area (Å²) in [4.78, 5) is 12.6. The van der Waals surface area contributed by atoms with Crippen molar-refractivity contribution in [3.63, 3.8) is 0 Å². The maximum atomic E-state index is 12.6. The first-order valence-electron chi connectivity index (χ1n) is 12.8. The smallest absolute Gasteiger partial charge is 0.261 e. The van der Waals surface area contributed by atoms with Gasteiger partial charge in [0.2, 0.25) is 0 Å². The van der Waals surface area contributed by atoms with Crippen LogP contribution < -0.4 is 10.4 Å². The van der Waals surface area contributed by atoms with Crippen LogP contribution >= 0.6 is 0 Å². The Labute approximate surface area is 221 Å². The molecule has 0 bridgehead atoms. The molecule has 4 nitrogen and oxygen atoms in total. The van der Waals surface area contributed by atoms with Crippen LogP contribution in [-0.2, 0) is 13.6 Å². The number of rotatable bonds is 11. The maximum absolute atomic E-state index is 12.6. The average Bonchev–Trinajstić information content (AvgIpc) is 2.82. The molecule has 0 aromatic heterocycles. The van der Waals surface area contributed by atoms with Gasteiger partial charge in [-0.25, -0.2) is 0 Å². The first-order chi connectivity index (χ1) is 16.6. The van der Waals surface area contributed by atoms with Crippen LogP contribution in [0.15, 0.2) is 73.3 Å². The van der Waals surface area contributed by atoms with Gasteiger partial charge in [0.15, 0.2) is 8.32 Å². The highest BCUT2D eigenvalue weighted by atomic mass is 28.4. The second-order valence-electron chi connectivity index (χ2n) is 12.6. The van der Waals surface area contributed by atoms with Gasteiger partial charge in [-0.05, 0) is 40.5 Å². The SMILES string of the molecule is C=C[C@@H](O[Si](C)(C)C(C)(C)C)[C@H](O)[C@](C)(C=O)CO[Si](c1ccccc1)(c1ccccc1)C(C)(C)C. The zero-order valence-corrected chi connectivity index (χ0v) is 25.7. The third kappa shape index (κ3) is 6.17. The Morgan fingerprint density at radius 3 is 1.64 bits per heavy atom. The van der Waals surface area contributed by atoms with Crippen LogP contribution in [0.1, 0.15) is 48.5 Å². The van der Waals surface area contributed by atoms with Crippen molar-refractivity contribution in [1.82, 2.24) is 0 Å². The van der Waals surface area contributed by atoms with Crippen molar-refractivity contribution in [2.75, 3.05) is 6.61 Å². The lowest BCUT2D eigenvalue weighted by molar-refractivity contribution is -0.128. The fourth-order valence-corrected chi connectivity index (χ4v) is 10.3. The highest BCUT2D eigenvalue weighted by molar-refractivity contribution is 6.99. The van der Waals surface area contributed by atoms with Crippen LogP contribution in [-0.4, -0.2) is 46.8 Å². The Kier molecular flexibility index (Phi) is 9.52. The minimum Gasteiger partial charge on any atom is -0.408 e. The molecule has 0 radical (unpaired) electrons. The van der Waals surface area contributed by atoms with Gasteiger partial charge in [-0.15, -0.1) is 6.58 Å². The van der Waals surface area contributed by atoms with Crippen molar-refractivity contribution < 1.29 is 18.8 Å². The molecule has 0 saturated carbocycles. The third-order valence-corrected chi connectivity index (χ3v) is 17.2. The molecule has 2 aromatic carbocycles. The molecule has 0 spiro atoms. The van der Waals surface area contributed by atoms with Crippen molar-refractivity contribution in [3.05, 3.63) is 73.3 Å². The van der Waals surface area contributed by atoms with Crippen LogP contribution in [0.5, 0.6) is 0 Å². The van der Waals surface area contributed by atoms with E-state index in [0.29, 0.717) is 0 Å². The van der Waals surface area contributed by atoms with Crippen molar-refractivity contribution in [2.45, 2.75) is 83.8 Å². The van der Waals surface area contributed by atoms with Crippen molar-refractivity contribution in [2.24, 2.45) is 5.41 Å². The van der Waals surface area contributed by atoms with E-state index in [1.165, 1.54) is 0 Å². The molecular weight excluding hydrogens is 480 g/mol. The molecule has 1 N–H and O–H groups in total. The van der Waals surface area contributed by atoms with Crippen LogP contribution in [0.2, 0.25) is 23.2 Å². The molecule has 3 atom stereocenters. The molecule has 0 aliphatic carbocycles. The maximum Gasteiger partial charge on any atom is 0.261 e. The molecule has 0 amide bonds. The van der Waals surface area contributed by atoms with Crippen LogP contribution in [0.25, 0.3) is 0 Å². The lowest BCUT2D eigenvalue weighted by Crippen LogP contribution is -2.67. The predicted octanol–water partition coefficient (Wildman–Crippen LogP) is 5.71. The summed E-state index contributed by atoms with van der Waals surface area (Å²) in [7, 11) is -5.09. The Bertz CT molecular complexity index is 954. The molecule has 0 aliphatic heterocycles. The van der Waals surface area contributed by atoms with E-state index in [1.54, 1.807) is 13.0 Å². The molecule has 0 unspecified atom stereocenters. The first-order valence-corrected chi connectivity index (χ1v) is 17.6. The number of benzene rings is 2. The second-order valence-corrected chi connectivity index (χ2v) is 21.7. The molecule has 2 rings (SSSR count). The summed E-state index contributed by atoms with van der Waals surface area (Å²) in [6.45, 7) is 23.1. The quantitative estimate of drug-likeness (QED) is 0.232. The summed E-state index contributed by atoms with van der Waals surface area (Å²) < 4.78 is 13.5. The zero-order valence-electron chi connectivity index (χ0n) is 23.7. The van der Waals surface area contributed by atoms with Gasteiger partial charge in [-0.1, -0.05) is 108 Å². The van der Waals surface area contributed by atoms with Gasteiger partial charge >= 0.3 is 0 Å². The second kappa shape index (κ2) is 11.3. The molecule has 0 saturated heterocycles. The summed E-state index contributed by atoms with van der Waals surface area (Å²) in [6.07, 6.45) is 0.667. The molecule has 2 aromatic rings. The molecule has 6 heteroatoms. The van der Waals surface area contributed by atoms with Crippen molar-refractivity contribution >= 4 is 33.3 Å². The standard InChI is InChI=1S/C30H46O4Si2/c1-11-26(34-35(9,10)28(2,3)4)27(32)30(8,22-31)23-33-36(29(5,6)7,24-18-14-12-15-19-24)25-20-16-13-17-21-25/h11-22,26-27,32H,1,23H2,2-10H3/t26-,27+,30-/m1/s1. The van der Waals surface area contributed by atoms with E-state index in [9.17, 15) is 9.90 Å². The molecule has 36 heavy (non-hydrogen) atoms. The number of aliphatic hydroxyl groups excluding tert-OH is 1.